The third-order valence-corrected chi connectivity index (χ3v) is 10.5. The molecule has 0 fully saturated rings. The molecule has 0 unspecified atom stereocenters. The number of carbonyl (C=O) groups is 2. The van der Waals surface area contributed by atoms with Crippen molar-refractivity contribution in [3.05, 3.63) is 83.4 Å². The summed E-state index contributed by atoms with van der Waals surface area (Å²) in [6, 6.07) is 11.8. The van der Waals surface area contributed by atoms with Crippen LogP contribution in [0.5, 0.6) is 0 Å². The number of pyridine rings is 2. The molecule has 4 heterocycles. The minimum atomic E-state index is 0.00960. The number of benzene rings is 2. The third kappa shape index (κ3) is 6.42. The molecule has 2 aliphatic rings. The van der Waals surface area contributed by atoms with Crippen LogP contribution in [-0.4, -0.2) is 130 Å². The number of rotatable bonds is 16. The van der Waals surface area contributed by atoms with E-state index < -0.39 is 0 Å². The van der Waals surface area contributed by atoms with Gasteiger partial charge in [-0.3, -0.25) is 28.9 Å². The third-order valence-electron chi connectivity index (χ3n) is 10.5. The number of ketones is 2. The summed E-state index contributed by atoms with van der Waals surface area (Å²) in [5, 5.41) is 18.9. The molecule has 0 radical (unpaired) electrons. The Bertz CT molecular complexity index is 2230. The van der Waals surface area contributed by atoms with Crippen LogP contribution in [0.25, 0.3) is 44.3 Å². The van der Waals surface area contributed by atoms with E-state index in [2.05, 4.69) is 54.5 Å². The van der Waals surface area contributed by atoms with Gasteiger partial charge < -0.3 is 25.3 Å². The highest BCUT2D eigenvalue weighted by Crippen LogP contribution is 2.43. The molecule has 0 spiro atoms. The lowest BCUT2D eigenvalue weighted by Gasteiger charge is -2.20. The molecule has 13 nitrogen and oxygen atoms in total. The first-order valence-electron chi connectivity index (χ1n) is 18.7. The lowest BCUT2D eigenvalue weighted by Crippen LogP contribution is -2.24. The van der Waals surface area contributed by atoms with Gasteiger partial charge in [-0.05, 0) is 97.6 Å². The van der Waals surface area contributed by atoms with Crippen molar-refractivity contribution in [1.29, 1.82) is 0 Å². The van der Waals surface area contributed by atoms with Gasteiger partial charge in [0.05, 0.1) is 35.2 Å². The Balaban J connectivity index is 0.897. The van der Waals surface area contributed by atoms with Crippen LogP contribution in [0.2, 0.25) is 0 Å². The number of anilines is 2. The van der Waals surface area contributed by atoms with E-state index in [0.717, 1.165) is 121 Å². The van der Waals surface area contributed by atoms with Crippen molar-refractivity contribution in [1.82, 2.24) is 44.2 Å². The topological polar surface area (TPSA) is 129 Å². The molecule has 54 heavy (non-hydrogen) atoms. The van der Waals surface area contributed by atoms with E-state index in [-0.39, 0.29) is 11.6 Å². The zero-order valence-electron chi connectivity index (χ0n) is 31.7. The first-order chi connectivity index (χ1) is 26.2. The average molecular weight is 726 g/mol. The summed E-state index contributed by atoms with van der Waals surface area (Å²) < 4.78 is 4.02. The summed E-state index contributed by atoms with van der Waals surface area (Å²) >= 11 is 0. The molecular formula is C41H47N11O2. The fourth-order valence-electron chi connectivity index (χ4n) is 7.70. The van der Waals surface area contributed by atoms with Crippen LogP contribution in [0.4, 0.5) is 11.4 Å². The first-order valence-corrected chi connectivity index (χ1v) is 18.7. The van der Waals surface area contributed by atoms with Gasteiger partial charge in [0.2, 0.25) is 0 Å². The number of aromatic nitrogens is 6. The van der Waals surface area contributed by atoms with Crippen molar-refractivity contribution < 1.29 is 9.59 Å². The van der Waals surface area contributed by atoms with Gasteiger partial charge in [0.15, 0.2) is 11.6 Å². The van der Waals surface area contributed by atoms with Gasteiger partial charge in [0.25, 0.3) is 0 Å². The number of fused-ring (bicyclic) bond motifs is 4. The number of carbonyl (C=O) groups excluding carboxylic acids is 2. The normalized spacial score (nSPS) is 13.1. The van der Waals surface area contributed by atoms with Gasteiger partial charge in [-0.25, -0.2) is 0 Å². The van der Waals surface area contributed by atoms with Crippen LogP contribution >= 0.6 is 0 Å². The minimum Gasteiger partial charge on any atom is -0.384 e. The standard InChI is InChI=1S/C41H47N11O2/c1-48(2)20-22-51-32-10-8-30(34-36(32)38(46-51)28-24-42-16-12-26(28)40(34)53)44-14-6-18-50(5)19-7-15-45-31-9-11-33-37-35(31)41(54)27-13-17-43-25-29(27)39(37)47-52(33)23-21-49(3)4/h8-13,16-17,24-25,44-45H,6-7,14-15,18-23H2,1-5H3. The van der Waals surface area contributed by atoms with E-state index >= 15 is 0 Å². The van der Waals surface area contributed by atoms with Crippen LogP contribution < -0.4 is 10.6 Å². The van der Waals surface area contributed by atoms with Gasteiger partial charge in [0, 0.05) is 95.4 Å². The molecule has 278 valence electrons. The van der Waals surface area contributed by atoms with Crippen LogP contribution in [0, 0.1) is 0 Å². The molecule has 0 aliphatic heterocycles. The van der Waals surface area contributed by atoms with E-state index in [1.54, 1.807) is 36.9 Å². The van der Waals surface area contributed by atoms with Crippen molar-refractivity contribution in [2.24, 2.45) is 0 Å². The minimum absolute atomic E-state index is 0.00960. The highest BCUT2D eigenvalue weighted by Gasteiger charge is 2.33. The highest BCUT2D eigenvalue weighted by molar-refractivity contribution is 6.28. The maximum atomic E-state index is 13.9. The Morgan fingerprint density at radius 3 is 1.44 bits per heavy atom. The molecule has 2 aromatic carbocycles. The average Bonchev–Trinajstić information content (AvgIpc) is 3.74. The van der Waals surface area contributed by atoms with E-state index in [1.807, 2.05) is 49.7 Å². The molecule has 0 atom stereocenters. The van der Waals surface area contributed by atoms with Gasteiger partial charge in [-0.1, -0.05) is 0 Å². The lowest BCUT2D eigenvalue weighted by molar-refractivity contribution is 0.103. The van der Waals surface area contributed by atoms with Crippen LogP contribution in [0.15, 0.2) is 61.2 Å². The quantitative estimate of drug-likeness (QED) is 0.131. The van der Waals surface area contributed by atoms with Crippen molar-refractivity contribution in [3.63, 3.8) is 0 Å². The molecule has 2 N–H and O–H groups in total. The summed E-state index contributed by atoms with van der Waals surface area (Å²) in [7, 11) is 10.3. The summed E-state index contributed by atoms with van der Waals surface area (Å²) in [5.41, 5.74) is 9.54. The van der Waals surface area contributed by atoms with E-state index in [0.29, 0.717) is 22.3 Å². The predicted molar refractivity (Wildman–Crippen MR) is 214 cm³/mol. The summed E-state index contributed by atoms with van der Waals surface area (Å²) in [5.74, 6) is 0.0192. The highest BCUT2D eigenvalue weighted by atomic mass is 16.1. The fraction of sp³-hybridized carbons (Fsp3) is 0.366. The van der Waals surface area contributed by atoms with E-state index in [1.165, 1.54) is 0 Å². The smallest absolute Gasteiger partial charge is 0.196 e. The predicted octanol–water partition coefficient (Wildman–Crippen LogP) is 4.96. The van der Waals surface area contributed by atoms with Gasteiger partial charge in [-0.2, -0.15) is 10.2 Å². The Kier molecular flexibility index (Phi) is 9.69. The Morgan fingerprint density at radius 2 is 1.02 bits per heavy atom. The summed E-state index contributed by atoms with van der Waals surface area (Å²) in [6.45, 7) is 6.41. The number of hydrogen-bond donors (Lipinski definition) is 2. The Labute approximate surface area is 315 Å². The van der Waals surface area contributed by atoms with Crippen molar-refractivity contribution >= 4 is 44.7 Å². The number of hydrogen-bond acceptors (Lipinski definition) is 11. The lowest BCUT2D eigenvalue weighted by atomic mass is 9.87. The maximum absolute atomic E-state index is 13.9. The van der Waals surface area contributed by atoms with E-state index in [4.69, 9.17) is 10.2 Å². The molecule has 6 aromatic rings. The second kappa shape index (κ2) is 14.7. The maximum Gasteiger partial charge on any atom is 0.196 e. The first kappa shape index (κ1) is 35.5. The zero-order chi connectivity index (χ0) is 37.5. The summed E-state index contributed by atoms with van der Waals surface area (Å²) in [6.07, 6.45) is 8.68. The molecular weight excluding hydrogens is 679 g/mol. The van der Waals surface area contributed by atoms with Crippen LogP contribution in [0.3, 0.4) is 0 Å². The summed E-state index contributed by atoms with van der Waals surface area (Å²) in [4.78, 5) is 43.0. The number of nitrogens with zero attached hydrogens (tertiary/aromatic N) is 9. The number of likely N-dealkylation sites (N-methyl/N-ethyl adjacent to an activating group) is 2. The van der Waals surface area contributed by atoms with Crippen LogP contribution in [0.1, 0.15) is 44.7 Å². The molecule has 0 saturated heterocycles. The van der Waals surface area contributed by atoms with Crippen molar-refractivity contribution in [2.45, 2.75) is 25.9 Å². The largest absolute Gasteiger partial charge is 0.384 e. The molecule has 0 amide bonds. The Hall–Kier alpha value is -5.50. The van der Waals surface area contributed by atoms with Crippen molar-refractivity contribution in [3.8, 4) is 22.5 Å². The molecule has 13 heteroatoms. The molecule has 4 aromatic heterocycles. The Morgan fingerprint density at radius 1 is 0.574 bits per heavy atom. The van der Waals surface area contributed by atoms with Crippen LogP contribution in [-0.2, 0) is 13.1 Å². The fourth-order valence-corrected chi connectivity index (χ4v) is 7.70. The van der Waals surface area contributed by atoms with Gasteiger partial charge in [-0.15, -0.1) is 0 Å². The van der Waals surface area contributed by atoms with Gasteiger partial charge >= 0.3 is 0 Å². The molecule has 0 saturated carbocycles. The second-order valence-corrected chi connectivity index (χ2v) is 14.9. The SMILES string of the molecule is CN(C)CCn1nc2c3c(c(NCCCN(C)CCCNc4ccc5c6c(nn5CCN(C)C)-c5cnccc5C(=O)c46)ccc31)C(=O)c1ccncc1-2. The molecule has 2 aliphatic carbocycles. The number of nitrogens with one attached hydrogen (secondary N) is 2. The molecule has 8 rings (SSSR count). The van der Waals surface area contributed by atoms with Crippen molar-refractivity contribution in [2.75, 3.05) is 85.1 Å². The van der Waals surface area contributed by atoms with Gasteiger partial charge in [0.1, 0.15) is 11.4 Å². The zero-order valence-corrected chi connectivity index (χ0v) is 31.7. The molecule has 0 bridgehead atoms. The van der Waals surface area contributed by atoms with E-state index in [9.17, 15) is 9.59 Å². The second-order valence-electron chi connectivity index (χ2n) is 14.9. The monoisotopic (exact) mass is 725 g/mol.